The van der Waals surface area contributed by atoms with Gasteiger partial charge in [-0.05, 0) is 60.5 Å². The molecule has 254 valence electrons. The average Bonchev–Trinajstić information content (AvgIpc) is 3.06. The summed E-state index contributed by atoms with van der Waals surface area (Å²) >= 11 is 0. The number of amides is 2. The Labute approximate surface area is 279 Å². The second kappa shape index (κ2) is 14.4. The van der Waals surface area contributed by atoms with Gasteiger partial charge in [-0.1, -0.05) is 19.1 Å². The highest BCUT2D eigenvalue weighted by atomic mass is 32.2. The number of hydrogen-bond donors (Lipinski definition) is 6. The molecule has 16 heteroatoms. The first-order chi connectivity index (χ1) is 23.4. The molecule has 5 aromatic rings. The van der Waals surface area contributed by atoms with Gasteiger partial charge < -0.3 is 21.1 Å². The number of carboxylic acids is 1. The number of rotatable bonds is 13. The third-order valence-electron chi connectivity index (χ3n) is 7.49. The third kappa shape index (κ3) is 7.93. The molecule has 0 aliphatic heterocycles. The number of anilines is 3. The lowest BCUT2D eigenvalue weighted by molar-refractivity contribution is -0.139. The largest absolute Gasteiger partial charge is 0.480 e. The summed E-state index contributed by atoms with van der Waals surface area (Å²) in [6.45, 7) is 1.98. The molecule has 1 atom stereocenters. The lowest BCUT2D eigenvalue weighted by atomic mass is 10.0. The molecule has 2 heterocycles. The van der Waals surface area contributed by atoms with Crippen LogP contribution in [0.5, 0.6) is 0 Å². The van der Waals surface area contributed by atoms with Crippen LogP contribution in [0.4, 0.5) is 25.8 Å². The van der Waals surface area contributed by atoms with Crippen molar-refractivity contribution in [1.82, 2.24) is 20.1 Å². The molecule has 0 spiro atoms. The van der Waals surface area contributed by atoms with E-state index in [9.17, 15) is 27.9 Å². The second-order valence-electron chi connectivity index (χ2n) is 10.8. The van der Waals surface area contributed by atoms with Crippen LogP contribution in [0.1, 0.15) is 38.9 Å². The van der Waals surface area contributed by atoms with Crippen LogP contribution in [0.25, 0.3) is 5.69 Å². The predicted octanol–water partition coefficient (Wildman–Crippen LogP) is 4.56. The predicted molar refractivity (Wildman–Crippen MR) is 177 cm³/mol. The highest BCUT2D eigenvalue weighted by Crippen LogP contribution is 2.24. The highest BCUT2D eigenvalue weighted by Gasteiger charge is 2.25. The zero-order valence-corrected chi connectivity index (χ0v) is 26.9. The van der Waals surface area contributed by atoms with E-state index in [4.69, 9.17) is 0 Å². The number of carbonyl (C=O) groups is 3. The molecule has 0 fully saturated rings. The number of sulfonamides is 1. The molecule has 2 aromatic heterocycles. The van der Waals surface area contributed by atoms with Gasteiger partial charge in [-0.3, -0.25) is 29.1 Å². The van der Waals surface area contributed by atoms with Gasteiger partial charge in [-0.15, -0.1) is 0 Å². The van der Waals surface area contributed by atoms with Crippen molar-refractivity contribution in [2.75, 3.05) is 22.4 Å². The number of halogens is 2. The number of aromatic nitrogens is 3. The number of carbonyl (C=O) groups excluding carboxylic acids is 2. The minimum atomic E-state index is -4.34. The van der Waals surface area contributed by atoms with Crippen molar-refractivity contribution in [2.45, 2.75) is 30.7 Å². The van der Waals surface area contributed by atoms with Crippen molar-refractivity contribution >= 4 is 44.9 Å². The Kier molecular flexibility index (Phi) is 10.1. The molecule has 0 saturated heterocycles. The summed E-state index contributed by atoms with van der Waals surface area (Å²) in [5.74, 6) is -5.61. The Morgan fingerprint density at radius 1 is 0.939 bits per heavy atom. The molecule has 5 rings (SSSR count). The lowest BCUT2D eigenvalue weighted by Crippen LogP contribution is -2.42. The van der Waals surface area contributed by atoms with Crippen molar-refractivity contribution < 1.29 is 36.7 Å². The number of aromatic amines is 1. The van der Waals surface area contributed by atoms with Gasteiger partial charge in [0.05, 0.1) is 39.3 Å². The Balaban J connectivity index is 1.23. The normalized spacial score (nSPS) is 11.8. The molecule has 0 radical (unpaired) electrons. The molecule has 0 unspecified atom stereocenters. The zero-order chi connectivity index (χ0) is 35.3. The maximum atomic E-state index is 15.0. The summed E-state index contributed by atoms with van der Waals surface area (Å²) < 4.78 is 59.5. The van der Waals surface area contributed by atoms with Crippen LogP contribution in [0, 0.1) is 11.6 Å². The Bertz CT molecular complexity index is 2100. The molecule has 0 aliphatic rings. The van der Waals surface area contributed by atoms with E-state index in [0.717, 1.165) is 12.1 Å². The van der Waals surface area contributed by atoms with Gasteiger partial charge in [0.2, 0.25) is 0 Å². The van der Waals surface area contributed by atoms with E-state index in [1.165, 1.54) is 36.7 Å². The van der Waals surface area contributed by atoms with E-state index in [-0.39, 0.29) is 11.3 Å². The fourth-order valence-electron chi connectivity index (χ4n) is 4.79. The number of carboxylic acid groups (broad SMARTS) is 1. The Hall–Kier alpha value is -6.03. The SMILES string of the molecule is CCc1cn(-c2ccc(S(=O)(=O)Nc3cc(F)c(C(=O)N[C@@H](Cc4ccc(NC(=O)c5ccncc5NC)cc4)C(=O)O)cc3F)cc2)[nH]1. The molecular weight excluding hydrogens is 660 g/mol. The highest BCUT2D eigenvalue weighted by molar-refractivity contribution is 7.92. The maximum Gasteiger partial charge on any atom is 0.326 e. The van der Waals surface area contributed by atoms with Crippen molar-refractivity contribution in [3.05, 3.63) is 119 Å². The summed E-state index contributed by atoms with van der Waals surface area (Å²) in [5.41, 5.74) is 1.85. The van der Waals surface area contributed by atoms with Crippen LogP contribution in [0.2, 0.25) is 0 Å². The fourth-order valence-corrected chi connectivity index (χ4v) is 5.85. The van der Waals surface area contributed by atoms with Gasteiger partial charge in [0.15, 0.2) is 0 Å². The van der Waals surface area contributed by atoms with Gasteiger partial charge in [0.25, 0.3) is 21.8 Å². The number of benzene rings is 3. The molecular formula is C33H31F2N7O6S. The first-order valence-corrected chi connectivity index (χ1v) is 16.3. The monoisotopic (exact) mass is 691 g/mol. The van der Waals surface area contributed by atoms with Gasteiger partial charge in [-0.25, -0.2) is 22.0 Å². The summed E-state index contributed by atoms with van der Waals surface area (Å²) in [4.78, 5) is 41.3. The number of aryl methyl sites for hydroxylation is 1. The first-order valence-electron chi connectivity index (χ1n) is 14.8. The Morgan fingerprint density at radius 3 is 2.27 bits per heavy atom. The van der Waals surface area contributed by atoms with Gasteiger partial charge >= 0.3 is 5.97 Å². The van der Waals surface area contributed by atoms with Crippen LogP contribution in [0.15, 0.2) is 90.2 Å². The van der Waals surface area contributed by atoms with Crippen molar-refractivity contribution in [3.8, 4) is 5.69 Å². The number of H-pyrrole nitrogens is 1. The van der Waals surface area contributed by atoms with E-state index in [2.05, 4.69) is 26.0 Å². The van der Waals surface area contributed by atoms with E-state index in [1.807, 2.05) is 17.8 Å². The van der Waals surface area contributed by atoms with Crippen molar-refractivity contribution in [2.24, 2.45) is 0 Å². The summed E-state index contributed by atoms with van der Waals surface area (Å²) in [6.07, 6.45) is 5.40. The minimum Gasteiger partial charge on any atom is -0.480 e. The lowest BCUT2D eigenvalue weighted by Gasteiger charge is -2.17. The molecule has 0 bridgehead atoms. The number of nitrogens with zero attached hydrogens (tertiary/aromatic N) is 2. The van der Waals surface area contributed by atoms with Crippen LogP contribution in [-0.4, -0.2) is 59.2 Å². The quantitative estimate of drug-likeness (QED) is 0.104. The first kappa shape index (κ1) is 34.3. The van der Waals surface area contributed by atoms with Gasteiger partial charge in [0.1, 0.15) is 17.7 Å². The van der Waals surface area contributed by atoms with E-state index in [1.54, 1.807) is 42.1 Å². The van der Waals surface area contributed by atoms with Crippen LogP contribution < -0.4 is 20.7 Å². The number of aliphatic carboxylic acids is 1. The van der Waals surface area contributed by atoms with Crippen molar-refractivity contribution in [3.63, 3.8) is 0 Å². The number of pyridine rings is 1. The molecule has 13 nitrogen and oxygen atoms in total. The fraction of sp³-hybridized carbons (Fsp3) is 0.152. The minimum absolute atomic E-state index is 0.213. The molecule has 0 saturated carbocycles. The second-order valence-corrected chi connectivity index (χ2v) is 12.5. The number of nitrogens with one attached hydrogen (secondary N) is 5. The summed E-state index contributed by atoms with van der Waals surface area (Å²) in [5, 5.41) is 20.6. The topological polar surface area (TPSA) is 187 Å². The number of hydrogen-bond acceptors (Lipinski definition) is 7. The average molecular weight is 692 g/mol. The maximum absolute atomic E-state index is 15.0. The van der Waals surface area contributed by atoms with Gasteiger partial charge in [-0.2, -0.15) is 0 Å². The molecule has 49 heavy (non-hydrogen) atoms. The third-order valence-corrected chi connectivity index (χ3v) is 8.87. The van der Waals surface area contributed by atoms with Crippen molar-refractivity contribution in [1.29, 1.82) is 0 Å². The molecule has 6 N–H and O–H groups in total. The standard InChI is InChI=1S/C33H31F2N7O6S/c1-3-20-18-42(40-20)22-8-10-23(11-9-22)49(47,48)41-28-16-26(34)25(15-27(28)35)32(44)39-29(33(45)46)14-19-4-6-21(7-5-19)38-31(43)24-12-13-37-17-30(24)36-2/h4-13,15-18,29,36,40-41H,3,14H2,1-2H3,(H,38,43)(H,39,44)(H,45,46)/t29-/m0/s1. The van der Waals surface area contributed by atoms with Gasteiger partial charge in [0, 0.05) is 43.3 Å². The van der Waals surface area contributed by atoms with E-state index < -0.39 is 56.7 Å². The van der Waals surface area contributed by atoms with E-state index in [0.29, 0.717) is 40.3 Å². The molecule has 3 aromatic carbocycles. The summed E-state index contributed by atoms with van der Waals surface area (Å²) in [6, 6.07) is 12.8. The molecule has 0 aliphatic carbocycles. The van der Waals surface area contributed by atoms with Crippen LogP contribution in [0.3, 0.4) is 0 Å². The van der Waals surface area contributed by atoms with Crippen LogP contribution in [-0.2, 0) is 27.7 Å². The summed E-state index contributed by atoms with van der Waals surface area (Å²) in [7, 11) is -2.69. The smallest absolute Gasteiger partial charge is 0.326 e. The van der Waals surface area contributed by atoms with E-state index >= 15 is 8.78 Å². The molecule has 2 amide bonds. The van der Waals surface area contributed by atoms with Crippen LogP contribution >= 0.6 is 0 Å². The zero-order valence-electron chi connectivity index (χ0n) is 26.1. The Morgan fingerprint density at radius 2 is 1.63 bits per heavy atom.